The number of nitrogens with zero attached hydrogens (tertiary/aromatic N) is 1. The van der Waals surface area contributed by atoms with Crippen molar-refractivity contribution >= 4 is 37.3 Å². The Balaban J connectivity index is 2.21. The lowest BCUT2D eigenvalue weighted by molar-refractivity contribution is -0.384. The standard InChI is InChI=1S/C13H11BrN2O4S/c14-9-10-1-7-13(8-2-10)21(19,20)15-11-3-5-12(6-4-11)16(17)18/h1-8,15H,9H2. The van der Waals surface area contributed by atoms with Gasteiger partial charge in [-0.1, -0.05) is 28.1 Å². The molecule has 110 valence electrons. The molecule has 0 aliphatic heterocycles. The molecule has 6 nitrogen and oxygen atoms in total. The fraction of sp³-hybridized carbons (Fsp3) is 0.0769. The van der Waals surface area contributed by atoms with Crippen molar-refractivity contribution in [1.29, 1.82) is 0 Å². The van der Waals surface area contributed by atoms with Crippen molar-refractivity contribution in [3.05, 3.63) is 64.2 Å². The molecular formula is C13H11BrN2O4S. The number of nitro benzene ring substituents is 1. The molecule has 0 aliphatic carbocycles. The number of hydrogen-bond donors (Lipinski definition) is 1. The van der Waals surface area contributed by atoms with E-state index >= 15 is 0 Å². The maximum Gasteiger partial charge on any atom is 0.269 e. The van der Waals surface area contributed by atoms with E-state index in [1.807, 2.05) is 0 Å². The van der Waals surface area contributed by atoms with E-state index in [2.05, 4.69) is 20.7 Å². The quantitative estimate of drug-likeness (QED) is 0.496. The van der Waals surface area contributed by atoms with Gasteiger partial charge in [0, 0.05) is 23.2 Å². The zero-order valence-electron chi connectivity index (χ0n) is 10.7. The molecule has 0 heterocycles. The van der Waals surface area contributed by atoms with Gasteiger partial charge in [0.05, 0.1) is 9.82 Å². The largest absolute Gasteiger partial charge is 0.280 e. The second kappa shape index (κ2) is 6.23. The highest BCUT2D eigenvalue weighted by molar-refractivity contribution is 9.08. The second-order valence-electron chi connectivity index (χ2n) is 4.19. The van der Waals surface area contributed by atoms with E-state index in [1.165, 1.54) is 36.4 Å². The lowest BCUT2D eigenvalue weighted by Gasteiger charge is -2.08. The SMILES string of the molecule is O=[N+]([O-])c1ccc(NS(=O)(=O)c2ccc(CBr)cc2)cc1. The number of benzene rings is 2. The smallest absolute Gasteiger partial charge is 0.269 e. The summed E-state index contributed by atoms with van der Waals surface area (Å²) in [6.45, 7) is 0. The lowest BCUT2D eigenvalue weighted by Crippen LogP contribution is -2.12. The molecule has 0 spiro atoms. The van der Waals surface area contributed by atoms with Crippen molar-refractivity contribution in [2.45, 2.75) is 10.2 Å². The minimum Gasteiger partial charge on any atom is -0.280 e. The van der Waals surface area contributed by atoms with Crippen molar-refractivity contribution in [2.75, 3.05) is 4.72 Å². The predicted molar refractivity (Wildman–Crippen MR) is 83.0 cm³/mol. The predicted octanol–water partition coefficient (Wildman–Crippen LogP) is 3.29. The van der Waals surface area contributed by atoms with Gasteiger partial charge in [-0.15, -0.1) is 0 Å². The van der Waals surface area contributed by atoms with Gasteiger partial charge in [-0.25, -0.2) is 8.42 Å². The van der Waals surface area contributed by atoms with E-state index in [0.29, 0.717) is 5.33 Å². The first kappa shape index (κ1) is 15.5. The molecule has 0 fully saturated rings. The number of alkyl halides is 1. The van der Waals surface area contributed by atoms with Crippen LogP contribution in [0.25, 0.3) is 0 Å². The van der Waals surface area contributed by atoms with Crippen molar-refractivity contribution in [2.24, 2.45) is 0 Å². The Labute approximate surface area is 130 Å². The summed E-state index contributed by atoms with van der Waals surface area (Å²) >= 11 is 3.28. The van der Waals surface area contributed by atoms with Crippen LogP contribution in [0.5, 0.6) is 0 Å². The molecule has 0 radical (unpaired) electrons. The summed E-state index contributed by atoms with van der Waals surface area (Å²) in [5.74, 6) is 0. The topological polar surface area (TPSA) is 89.3 Å². The molecule has 0 bridgehead atoms. The minimum atomic E-state index is -3.71. The number of anilines is 1. The highest BCUT2D eigenvalue weighted by Gasteiger charge is 2.14. The van der Waals surface area contributed by atoms with Crippen molar-refractivity contribution in [1.82, 2.24) is 0 Å². The Morgan fingerprint density at radius 2 is 1.62 bits per heavy atom. The highest BCUT2D eigenvalue weighted by Crippen LogP contribution is 2.20. The van der Waals surface area contributed by atoms with E-state index < -0.39 is 14.9 Å². The fourth-order valence-electron chi connectivity index (χ4n) is 1.62. The van der Waals surface area contributed by atoms with Crippen LogP contribution in [0, 0.1) is 10.1 Å². The van der Waals surface area contributed by atoms with Gasteiger partial charge < -0.3 is 0 Å². The molecule has 0 aromatic heterocycles. The summed E-state index contributed by atoms with van der Waals surface area (Å²) in [6, 6.07) is 11.6. The second-order valence-corrected chi connectivity index (χ2v) is 6.43. The molecule has 2 aromatic carbocycles. The number of halogens is 1. The molecule has 0 atom stereocenters. The van der Waals surface area contributed by atoms with Gasteiger partial charge in [0.15, 0.2) is 0 Å². The molecule has 0 aliphatic rings. The Morgan fingerprint density at radius 1 is 1.05 bits per heavy atom. The molecule has 0 saturated carbocycles. The van der Waals surface area contributed by atoms with Crippen LogP contribution >= 0.6 is 15.9 Å². The molecule has 8 heteroatoms. The first-order valence-electron chi connectivity index (χ1n) is 5.84. The van der Waals surface area contributed by atoms with Gasteiger partial charge in [0.25, 0.3) is 15.7 Å². The molecule has 21 heavy (non-hydrogen) atoms. The molecule has 1 N–H and O–H groups in total. The zero-order valence-corrected chi connectivity index (χ0v) is 13.1. The number of rotatable bonds is 5. The van der Waals surface area contributed by atoms with Gasteiger partial charge >= 0.3 is 0 Å². The summed E-state index contributed by atoms with van der Waals surface area (Å²) in [7, 11) is -3.71. The van der Waals surface area contributed by atoms with Crippen LogP contribution in [0.3, 0.4) is 0 Å². The van der Waals surface area contributed by atoms with E-state index in [-0.39, 0.29) is 16.3 Å². The molecule has 0 saturated heterocycles. The summed E-state index contributed by atoms with van der Waals surface area (Å²) in [5, 5.41) is 11.2. The van der Waals surface area contributed by atoms with Gasteiger partial charge in [-0.3, -0.25) is 14.8 Å². The number of non-ortho nitro benzene ring substituents is 1. The Kier molecular flexibility index (Phi) is 4.59. The number of sulfonamides is 1. The van der Waals surface area contributed by atoms with E-state index in [9.17, 15) is 18.5 Å². The summed E-state index contributed by atoms with van der Waals surface area (Å²) in [4.78, 5) is 10.1. The third-order valence-corrected chi connectivity index (χ3v) is 4.76. The minimum absolute atomic E-state index is 0.0976. The Morgan fingerprint density at radius 3 is 2.10 bits per heavy atom. The fourth-order valence-corrected chi connectivity index (χ4v) is 3.06. The summed E-state index contributed by atoms with van der Waals surface area (Å²) < 4.78 is 26.7. The van der Waals surface area contributed by atoms with E-state index in [0.717, 1.165) is 5.56 Å². The Hall–Kier alpha value is -1.93. The number of nitrogens with one attached hydrogen (secondary N) is 1. The van der Waals surface area contributed by atoms with Crippen LogP contribution in [-0.4, -0.2) is 13.3 Å². The van der Waals surface area contributed by atoms with Crippen LogP contribution in [-0.2, 0) is 15.4 Å². The average molecular weight is 371 g/mol. The third-order valence-electron chi connectivity index (χ3n) is 2.72. The van der Waals surface area contributed by atoms with Crippen LogP contribution < -0.4 is 4.72 Å². The Bertz CT molecular complexity index is 743. The number of nitro groups is 1. The van der Waals surface area contributed by atoms with Gasteiger partial charge in [-0.05, 0) is 29.8 Å². The molecule has 2 rings (SSSR count). The van der Waals surface area contributed by atoms with E-state index in [1.54, 1.807) is 12.1 Å². The monoisotopic (exact) mass is 370 g/mol. The maximum absolute atomic E-state index is 12.2. The van der Waals surface area contributed by atoms with Crippen LogP contribution in [0.4, 0.5) is 11.4 Å². The lowest BCUT2D eigenvalue weighted by atomic mass is 10.2. The molecule has 0 unspecified atom stereocenters. The third kappa shape index (κ3) is 3.79. The first-order valence-corrected chi connectivity index (χ1v) is 8.45. The van der Waals surface area contributed by atoms with Crippen LogP contribution in [0.1, 0.15) is 5.56 Å². The van der Waals surface area contributed by atoms with Gasteiger partial charge in [0.1, 0.15) is 0 Å². The molecule has 2 aromatic rings. The van der Waals surface area contributed by atoms with Crippen molar-refractivity contribution < 1.29 is 13.3 Å². The average Bonchev–Trinajstić information content (AvgIpc) is 2.47. The normalized spacial score (nSPS) is 11.1. The van der Waals surface area contributed by atoms with Crippen LogP contribution in [0.15, 0.2) is 53.4 Å². The highest BCUT2D eigenvalue weighted by atomic mass is 79.9. The van der Waals surface area contributed by atoms with E-state index in [4.69, 9.17) is 0 Å². The molecular weight excluding hydrogens is 360 g/mol. The molecule has 0 amide bonds. The first-order chi connectivity index (χ1) is 9.92. The summed E-state index contributed by atoms with van der Waals surface area (Å²) in [5.41, 5.74) is 1.13. The number of hydrogen-bond acceptors (Lipinski definition) is 4. The van der Waals surface area contributed by atoms with Crippen molar-refractivity contribution in [3.8, 4) is 0 Å². The summed E-state index contributed by atoms with van der Waals surface area (Å²) in [6.07, 6.45) is 0. The van der Waals surface area contributed by atoms with Gasteiger partial charge in [-0.2, -0.15) is 0 Å². The zero-order chi connectivity index (χ0) is 15.5. The van der Waals surface area contributed by atoms with Crippen molar-refractivity contribution in [3.63, 3.8) is 0 Å². The van der Waals surface area contributed by atoms with Crippen LogP contribution in [0.2, 0.25) is 0 Å². The maximum atomic E-state index is 12.2. The van der Waals surface area contributed by atoms with Gasteiger partial charge in [0.2, 0.25) is 0 Å².